The number of amides is 2. The van der Waals surface area contributed by atoms with Crippen molar-refractivity contribution in [1.82, 2.24) is 9.80 Å². The third kappa shape index (κ3) is 2.91. The number of carbonyl (C=O) groups excluding carboxylic acids is 1. The summed E-state index contributed by atoms with van der Waals surface area (Å²) in [6, 6.07) is 0.468. The van der Waals surface area contributed by atoms with E-state index in [-0.39, 0.29) is 18.0 Å². The number of hydrogen-bond acceptors (Lipinski definition) is 2. The Morgan fingerprint density at radius 2 is 1.85 bits per heavy atom. The van der Waals surface area contributed by atoms with Gasteiger partial charge in [0.1, 0.15) is 0 Å². The molecule has 3 atom stereocenters. The van der Waals surface area contributed by atoms with Gasteiger partial charge in [-0.3, -0.25) is 4.79 Å². The van der Waals surface area contributed by atoms with Crippen LogP contribution >= 0.6 is 0 Å². The highest BCUT2D eigenvalue weighted by Gasteiger charge is 2.38. The smallest absolute Gasteiger partial charge is 0.320 e. The van der Waals surface area contributed by atoms with Gasteiger partial charge in [0.15, 0.2) is 0 Å². The molecule has 2 amide bonds. The number of carbonyl (C=O) groups is 2. The minimum atomic E-state index is -0.731. The summed E-state index contributed by atoms with van der Waals surface area (Å²) >= 11 is 0. The van der Waals surface area contributed by atoms with Gasteiger partial charge in [-0.15, -0.1) is 0 Å². The highest BCUT2D eigenvalue weighted by Crippen LogP contribution is 2.29. The fourth-order valence-electron chi connectivity index (χ4n) is 3.57. The molecule has 3 unspecified atom stereocenters. The maximum absolute atomic E-state index is 12.7. The number of urea groups is 1. The maximum Gasteiger partial charge on any atom is 0.320 e. The molecule has 2 fully saturated rings. The van der Waals surface area contributed by atoms with Gasteiger partial charge < -0.3 is 14.9 Å². The Labute approximate surface area is 120 Å². The lowest BCUT2D eigenvalue weighted by atomic mass is 9.92. The fraction of sp³-hybridized carbons (Fsp3) is 0.867. The summed E-state index contributed by atoms with van der Waals surface area (Å²) in [6.07, 6.45) is 3.31. The molecule has 0 spiro atoms. The van der Waals surface area contributed by atoms with Crippen molar-refractivity contribution in [1.29, 1.82) is 0 Å². The predicted molar refractivity (Wildman–Crippen MR) is 76.5 cm³/mol. The molecule has 20 heavy (non-hydrogen) atoms. The second-order valence-corrected chi connectivity index (χ2v) is 6.53. The third-order valence-corrected chi connectivity index (χ3v) is 4.79. The van der Waals surface area contributed by atoms with E-state index in [1.165, 1.54) is 0 Å². The molecule has 0 aromatic carbocycles. The van der Waals surface area contributed by atoms with Crippen LogP contribution in [0.5, 0.6) is 0 Å². The van der Waals surface area contributed by atoms with E-state index >= 15 is 0 Å². The monoisotopic (exact) mass is 282 g/mol. The number of carboxylic acids is 1. The van der Waals surface area contributed by atoms with Gasteiger partial charge in [0.25, 0.3) is 0 Å². The summed E-state index contributed by atoms with van der Waals surface area (Å²) in [4.78, 5) is 27.6. The average Bonchev–Trinajstić information content (AvgIpc) is 2.87. The summed E-state index contributed by atoms with van der Waals surface area (Å²) in [6.45, 7) is 7.70. The van der Waals surface area contributed by atoms with Crippen molar-refractivity contribution in [3.8, 4) is 0 Å². The molecule has 2 aliphatic rings. The quantitative estimate of drug-likeness (QED) is 0.846. The van der Waals surface area contributed by atoms with E-state index in [2.05, 4.69) is 13.8 Å². The number of carboxylic acid groups (broad SMARTS) is 1. The molecule has 0 bridgehead atoms. The van der Waals surface area contributed by atoms with Crippen LogP contribution in [-0.4, -0.2) is 52.1 Å². The lowest BCUT2D eigenvalue weighted by molar-refractivity contribution is -0.143. The summed E-state index contributed by atoms with van der Waals surface area (Å²) in [5.74, 6) is -0.549. The van der Waals surface area contributed by atoms with Crippen LogP contribution in [0.1, 0.15) is 46.5 Å². The summed E-state index contributed by atoms with van der Waals surface area (Å²) < 4.78 is 0. The zero-order valence-electron chi connectivity index (χ0n) is 12.7. The molecule has 2 aliphatic heterocycles. The molecule has 5 nitrogen and oxygen atoms in total. The molecule has 0 aromatic rings. The zero-order chi connectivity index (χ0) is 14.9. The van der Waals surface area contributed by atoms with Crippen LogP contribution in [0.2, 0.25) is 0 Å². The van der Waals surface area contributed by atoms with E-state index < -0.39 is 5.97 Å². The third-order valence-electron chi connectivity index (χ3n) is 4.79. The largest absolute Gasteiger partial charge is 0.481 e. The van der Waals surface area contributed by atoms with Crippen LogP contribution in [0.25, 0.3) is 0 Å². The number of rotatable bonds is 2. The first-order valence-electron chi connectivity index (χ1n) is 7.71. The van der Waals surface area contributed by atoms with Gasteiger partial charge in [-0.1, -0.05) is 13.8 Å². The van der Waals surface area contributed by atoms with Crippen molar-refractivity contribution in [2.75, 3.05) is 13.1 Å². The van der Waals surface area contributed by atoms with E-state index in [0.717, 1.165) is 19.4 Å². The molecule has 0 aromatic heterocycles. The summed E-state index contributed by atoms with van der Waals surface area (Å²) in [7, 11) is 0. The normalized spacial score (nSPS) is 30.9. The second kappa shape index (κ2) is 6.02. The Morgan fingerprint density at radius 1 is 1.15 bits per heavy atom. The lowest BCUT2D eigenvalue weighted by Crippen LogP contribution is -2.53. The van der Waals surface area contributed by atoms with E-state index in [4.69, 9.17) is 5.11 Å². The van der Waals surface area contributed by atoms with Gasteiger partial charge in [0.05, 0.1) is 5.92 Å². The SMILES string of the molecule is CC(C)C1CCCN1C(=O)N1CCC(C(=O)O)CC1C. The van der Waals surface area contributed by atoms with E-state index in [1.54, 1.807) is 0 Å². The minimum absolute atomic E-state index is 0.0192. The highest BCUT2D eigenvalue weighted by molar-refractivity contribution is 5.76. The zero-order valence-corrected chi connectivity index (χ0v) is 12.7. The second-order valence-electron chi connectivity index (χ2n) is 6.53. The maximum atomic E-state index is 12.7. The van der Waals surface area contributed by atoms with Crippen molar-refractivity contribution < 1.29 is 14.7 Å². The van der Waals surface area contributed by atoms with Crippen molar-refractivity contribution in [2.24, 2.45) is 11.8 Å². The summed E-state index contributed by atoms with van der Waals surface area (Å²) in [5.41, 5.74) is 0. The topological polar surface area (TPSA) is 60.9 Å². The van der Waals surface area contributed by atoms with E-state index in [0.29, 0.717) is 31.3 Å². The average molecular weight is 282 g/mol. The molecule has 0 radical (unpaired) electrons. The molecule has 2 saturated heterocycles. The molecule has 5 heteroatoms. The van der Waals surface area contributed by atoms with Crippen LogP contribution in [0.15, 0.2) is 0 Å². The Balaban J connectivity index is 2.01. The first-order valence-corrected chi connectivity index (χ1v) is 7.71. The van der Waals surface area contributed by atoms with Gasteiger partial charge in [-0.05, 0) is 38.5 Å². The standard InChI is InChI=1S/C15H26N2O3/c1-10(2)13-5-4-7-17(13)15(20)16-8-6-12(14(18)19)9-11(16)3/h10-13H,4-9H2,1-3H3,(H,18,19). The van der Waals surface area contributed by atoms with Crippen LogP contribution in [0.4, 0.5) is 4.79 Å². The van der Waals surface area contributed by atoms with Gasteiger partial charge in [0, 0.05) is 25.2 Å². The molecular weight excluding hydrogens is 256 g/mol. The Morgan fingerprint density at radius 3 is 2.40 bits per heavy atom. The number of aliphatic carboxylic acids is 1. The van der Waals surface area contributed by atoms with Crippen molar-refractivity contribution >= 4 is 12.0 Å². The number of hydrogen-bond donors (Lipinski definition) is 1. The Kier molecular flexibility index (Phi) is 4.55. The van der Waals surface area contributed by atoms with Crippen molar-refractivity contribution in [3.63, 3.8) is 0 Å². The molecular formula is C15H26N2O3. The van der Waals surface area contributed by atoms with Gasteiger partial charge in [-0.25, -0.2) is 4.79 Å². The van der Waals surface area contributed by atoms with Gasteiger partial charge in [-0.2, -0.15) is 0 Å². The van der Waals surface area contributed by atoms with E-state index in [9.17, 15) is 9.59 Å². The number of piperidine rings is 1. The van der Waals surface area contributed by atoms with Gasteiger partial charge >= 0.3 is 12.0 Å². The molecule has 0 saturated carbocycles. The minimum Gasteiger partial charge on any atom is -0.481 e. The van der Waals surface area contributed by atoms with Crippen LogP contribution < -0.4 is 0 Å². The first-order chi connectivity index (χ1) is 9.41. The Bertz CT molecular complexity index is 383. The molecule has 0 aliphatic carbocycles. The Hall–Kier alpha value is -1.26. The molecule has 114 valence electrons. The number of likely N-dealkylation sites (tertiary alicyclic amines) is 2. The lowest BCUT2D eigenvalue weighted by Gasteiger charge is -2.40. The van der Waals surface area contributed by atoms with Crippen LogP contribution in [-0.2, 0) is 4.79 Å². The molecule has 2 rings (SSSR count). The molecule has 2 heterocycles. The van der Waals surface area contributed by atoms with Crippen molar-refractivity contribution in [2.45, 2.75) is 58.5 Å². The first kappa shape index (κ1) is 15.1. The number of nitrogens with zero attached hydrogens (tertiary/aromatic N) is 2. The highest BCUT2D eigenvalue weighted by atomic mass is 16.4. The van der Waals surface area contributed by atoms with E-state index in [1.807, 2.05) is 16.7 Å². The van der Waals surface area contributed by atoms with Crippen LogP contribution in [0, 0.1) is 11.8 Å². The van der Waals surface area contributed by atoms with Crippen molar-refractivity contribution in [3.05, 3.63) is 0 Å². The predicted octanol–water partition coefficient (Wildman–Crippen LogP) is 2.41. The van der Waals surface area contributed by atoms with Crippen LogP contribution in [0.3, 0.4) is 0 Å². The van der Waals surface area contributed by atoms with Gasteiger partial charge in [0.2, 0.25) is 0 Å². The molecule has 1 N–H and O–H groups in total. The summed E-state index contributed by atoms with van der Waals surface area (Å²) in [5, 5.41) is 9.09. The fourth-order valence-corrected chi connectivity index (χ4v) is 3.57.